The molecule has 0 unspecified atom stereocenters. The van der Waals surface area contributed by atoms with E-state index in [-0.39, 0.29) is 10.8 Å². The molecule has 0 aliphatic rings. The normalized spacial score (nSPS) is 11.3. The monoisotopic (exact) mass is 457 g/mol. The van der Waals surface area contributed by atoms with Crippen LogP contribution in [0.4, 0.5) is 5.69 Å². The molecule has 3 aromatic rings. The van der Waals surface area contributed by atoms with E-state index in [0.29, 0.717) is 28.6 Å². The maximum Gasteiger partial charge on any atom is 0.276 e. The van der Waals surface area contributed by atoms with E-state index in [0.717, 1.165) is 5.56 Å². The van der Waals surface area contributed by atoms with Gasteiger partial charge in [-0.25, -0.2) is 4.83 Å². The highest BCUT2D eigenvalue weighted by Gasteiger charge is 2.12. The average molecular weight is 458 g/mol. The first-order chi connectivity index (χ1) is 14.8. The molecule has 1 amide bonds. The van der Waals surface area contributed by atoms with Crippen LogP contribution in [0.3, 0.4) is 0 Å². The Hall–Kier alpha value is -3.36. The van der Waals surface area contributed by atoms with Gasteiger partial charge in [-0.2, -0.15) is 13.5 Å². The second kappa shape index (κ2) is 10.1. The molecular weight excluding hydrogens is 438 g/mol. The Kier molecular flexibility index (Phi) is 7.28. The number of nitrogens with one attached hydrogen (secondary N) is 2. The van der Waals surface area contributed by atoms with Crippen molar-refractivity contribution in [1.82, 2.24) is 4.83 Å². The SMILES string of the molecule is CC(=O)Nc1ccc(S(=O)(=O)N/N=C\c2ccc(OCc3cccc(Cl)c3)cc2)cc1. The maximum atomic E-state index is 12.3. The number of carbonyl (C=O) groups is 1. The van der Waals surface area contributed by atoms with E-state index in [2.05, 4.69) is 15.2 Å². The van der Waals surface area contributed by atoms with Crippen LogP contribution >= 0.6 is 11.6 Å². The van der Waals surface area contributed by atoms with Gasteiger partial charge < -0.3 is 10.1 Å². The molecule has 0 spiro atoms. The van der Waals surface area contributed by atoms with Gasteiger partial charge in [0.15, 0.2) is 0 Å². The molecule has 0 saturated heterocycles. The summed E-state index contributed by atoms with van der Waals surface area (Å²) in [6.45, 7) is 1.76. The number of hydrazone groups is 1. The van der Waals surface area contributed by atoms with Crippen molar-refractivity contribution in [3.05, 3.63) is 88.9 Å². The zero-order chi connectivity index (χ0) is 22.3. The summed E-state index contributed by atoms with van der Waals surface area (Å²) in [5.74, 6) is 0.427. The van der Waals surface area contributed by atoms with E-state index >= 15 is 0 Å². The van der Waals surface area contributed by atoms with Gasteiger partial charge in [0.1, 0.15) is 12.4 Å². The number of ether oxygens (including phenoxy) is 1. The summed E-state index contributed by atoms with van der Waals surface area (Å²) in [6.07, 6.45) is 1.39. The van der Waals surface area contributed by atoms with Crippen LogP contribution in [-0.2, 0) is 21.4 Å². The number of halogens is 1. The van der Waals surface area contributed by atoms with Crippen molar-refractivity contribution in [3.8, 4) is 5.75 Å². The number of carbonyl (C=O) groups excluding carboxylic acids is 1. The summed E-state index contributed by atoms with van der Waals surface area (Å²) in [7, 11) is -3.82. The predicted octanol–water partition coefficient (Wildman–Crippen LogP) is 4.19. The molecule has 3 rings (SSSR count). The highest BCUT2D eigenvalue weighted by Crippen LogP contribution is 2.16. The van der Waals surface area contributed by atoms with Crippen LogP contribution in [0, 0.1) is 0 Å². The average Bonchev–Trinajstić information content (AvgIpc) is 2.73. The molecule has 160 valence electrons. The van der Waals surface area contributed by atoms with Crippen LogP contribution in [0.5, 0.6) is 5.75 Å². The van der Waals surface area contributed by atoms with Gasteiger partial charge in [-0.1, -0.05) is 23.7 Å². The van der Waals surface area contributed by atoms with Crippen molar-refractivity contribution in [2.45, 2.75) is 18.4 Å². The standard InChI is InChI=1S/C22H20ClN3O4S/c1-16(27)25-20-7-11-22(12-8-20)31(28,29)26-24-14-17-5-9-21(10-6-17)30-15-18-3-2-4-19(23)13-18/h2-14,26H,15H2,1H3,(H,25,27)/b24-14-. The second-order valence-electron chi connectivity index (χ2n) is 6.55. The zero-order valence-electron chi connectivity index (χ0n) is 16.6. The molecule has 0 aliphatic carbocycles. The fraction of sp³-hybridized carbons (Fsp3) is 0.0909. The molecule has 0 heterocycles. The van der Waals surface area contributed by atoms with E-state index in [1.807, 2.05) is 18.2 Å². The van der Waals surface area contributed by atoms with Crippen LogP contribution in [-0.4, -0.2) is 20.5 Å². The molecular formula is C22H20ClN3O4S. The summed E-state index contributed by atoms with van der Waals surface area (Å²) in [6, 6.07) is 20.2. The zero-order valence-corrected chi connectivity index (χ0v) is 18.2. The molecule has 0 radical (unpaired) electrons. The van der Waals surface area contributed by atoms with Gasteiger partial charge in [0, 0.05) is 17.6 Å². The first-order valence-corrected chi connectivity index (χ1v) is 11.1. The largest absolute Gasteiger partial charge is 0.489 e. The lowest BCUT2D eigenvalue weighted by atomic mass is 10.2. The van der Waals surface area contributed by atoms with Gasteiger partial charge in [0.2, 0.25) is 5.91 Å². The highest BCUT2D eigenvalue weighted by atomic mass is 35.5. The minimum atomic E-state index is -3.82. The fourth-order valence-electron chi connectivity index (χ4n) is 2.59. The van der Waals surface area contributed by atoms with Crippen molar-refractivity contribution in [3.63, 3.8) is 0 Å². The summed E-state index contributed by atoms with van der Waals surface area (Å²) in [4.78, 5) is 13.2. The fourth-order valence-corrected chi connectivity index (χ4v) is 3.59. The first kappa shape index (κ1) is 22.3. The van der Waals surface area contributed by atoms with Crippen LogP contribution in [0.1, 0.15) is 18.1 Å². The lowest BCUT2D eigenvalue weighted by molar-refractivity contribution is -0.114. The van der Waals surface area contributed by atoms with Gasteiger partial charge in [-0.3, -0.25) is 4.79 Å². The number of amides is 1. The number of sulfonamides is 1. The van der Waals surface area contributed by atoms with Crippen molar-refractivity contribution in [2.24, 2.45) is 5.10 Å². The molecule has 0 fully saturated rings. The molecule has 2 N–H and O–H groups in total. The Labute approximate surface area is 185 Å². The summed E-state index contributed by atoms with van der Waals surface area (Å²) < 4.78 is 30.3. The minimum absolute atomic E-state index is 0.0310. The van der Waals surface area contributed by atoms with Crippen molar-refractivity contribution >= 4 is 39.4 Å². The van der Waals surface area contributed by atoms with Gasteiger partial charge in [-0.05, 0) is 71.8 Å². The third kappa shape index (κ3) is 6.84. The van der Waals surface area contributed by atoms with Crippen molar-refractivity contribution in [2.75, 3.05) is 5.32 Å². The molecule has 7 nitrogen and oxygen atoms in total. The molecule has 9 heteroatoms. The number of nitrogens with zero attached hydrogens (tertiary/aromatic N) is 1. The number of hydrogen-bond acceptors (Lipinski definition) is 5. The Morgan fingerprint density at radius 1 is 1.06 bits per heavy atom. The van der Waals surface area contributed by atoms with Crippen LogP contribution in [0.2, 0.25) is 5.02 Å². The summed E-state index contributed by atoms with van der Waals surface area (Å²) >= 11 is 5.96. The third-order valence-corrected chi connectivity index (χ3v) is 5.52. The summed E-state index contributed by atoms with van der Waals surface area (Å²) in [5.41, 5.74) is 2.16. The summed E-state index contributed by atoms with van der Waals surface area (Å²) in [5, 5.41) is 7.03. The minimum Gasteiger partial charge on any atom is -0.489 e. The lowest BCUT2D eigenvalue weighted by Crippen LogP contribution is -2.18. The topological polar surface area (TPSA) is 96.9 Å². The Bertz CT molecular complexity index is 1180. The molecule has 0 atom stereocenters. The van der Waals surface area contributed by atoms with Crippen LogP contribution in [0.25, 0.3) is 0 Å². The maximum absolute atomic E-state index is 12.3. The number of hydrogen-bond donors (Lipinski definition) is 2. The Balaban J connectivity index is 1.55. The van der Waals surface area contributed by atoms with Gasteiger partial charge in [0.05, 0.1) is 11.1 Å². The van der Waals surface area contributed by atoms with Crippen LogP contribution in [0.15, 0.2) is 82.8 Å². The van der Waals surface area contributed by atoms with Gasteiger partial charge in [-0.15, -0.1) is 0 Å². The van der Waals surface area contributed by atoms with Gasteiger partial charge in [0.25, 0.3) is 10.0 Å². The third-order valence-electron chi connectivity index (χ3n) is 4.05. The Morgan fingerprint density at radius 3 is 2.42 bits per heavy atom. The van der Waals surface area contributed by atoms with Crippen molar-refractivity contribution < 1.29 is 17.9 Å². The first-order valence-electron chi connectivity index (χ1n) is 9.22. The molecule has 0 aliphatic heterocycles. The molecule has 0 aromatic heterocycles. The quantitative estimate of drug-likeness (QED) is 0.391. The van der Waals surface area contributed by atoms with Gasteiger partial charge >= 0.3 is 0 Å². The second-order valence-corrected chi connectivity index (χ2v) is 8.64. The van der Waals surface area contributed by atoms with Crippen LogP contribution < -0.4 is 14.9 Å². The van der Waals surface area contributed by atoms with E-state index in [1.165, 1.54) is 37.4 Å². The van der Waals surface area contributed by atoms with E-state index in [9.17, 15) is 13.2 Å². The van der Waals surface area contributed by atoms with E-state index in [4.69, 9.17) is 16.3 Å². The number of anilines is 1. The Morgan fingerprint density at radius 2 is 1.77 bits per heavy atom. The number of benzene rings is 3. The molecule has 31 heavy (non-hydrogen) atoms. The highest BCUT2D eigenvalue weighted by molar-refractivity contribution is 7.89. The van der Waals surface area contributed by atoms with E-state index in [1.54, 1.807) is 30.3 Å². The number of rotatable bonds is 8. The van der Waals surface area contributed by atoms with Crippen molar-refractivity contribution in [1.29, 1.82) is 0 Å². The molecule has 3 aromatic carbocycles. The lowest BCUT2D eigenvalue weighted by Gasteiger charge is -2.07. The van der Waals surface area contributed by atoms with E-state index < -0.39 is 10.0 Å². The smallest absolute Gasteiger partial charge is 0.276 e. The molecule has 0 saturated carbocycles. The predicted molar refractivity (Wildman–Crippen MR) is 121 cm³/mol. The molecule has 0 bridgehead atoms.